The van der Waals surface area contributed by atoms with Crippen LogP contribution in [-0.2, 0) is 6.42 Å². The minimum absolute atomic E-state index is 0.0898. The first kappa shape index (κ1) is 18.9. The molecule has 0 aliphatic rings. The molecule has 0 spiro atoms. The predicted molar refractivity (Wildman–Crippen MR) is 114 cm³/mol. The Kier molecular flexibility index (Phi) is 5.30. The normalized spacial score (nSPS) is 11.7. The molecule has 0 saturated heterocycles. The zero-order chi connectivity index (χ0) is 19.7. The van der Waals surface area contributed by atoms with Gasteiger partial charge in [0.1, 0.15) is 5.52 Å². The summed E-state index contributed by atoms with van der Waals surface area (Å²) in [5, 5.41) is 12.6. The van der Waals surface area contributed by atoms with Crippen LogP contribution in [0.15, 0.2) is 27.5 Å². The van der Waals surface area contributed by atoms with Crippen LogP contribution in [0.1, 0.15) is 50.3 Å². The van der Waals surface area contributed by atoms with Crippen molar-refractivity contribution in [1.82, 2.24) is 29.9 Å². The summed E-state index contributed by atoms with van der Waals surface area (Å²) >= 11 is 3.48. The Hall–Kier alpha value is -2.48. The molecule has 4 aromatic rings. The van der Waals surface area contributed by atoms with Crippen molar-refractivity contribution in [2.75, 3.05) is 0 Å². The number of halogens is 1. The third-order valence-corrected chi connectivity index (χ3v) is 5.58. The Morgan fingerprint density at radius 3 is 2.79 bits per heavy atom. The molecule has 0 fully saturated rings. The number of aromatic amines is 2. The smallest absolute Gasteiger partial charge is 0.277 e. The second-order valence-corrected chi connectivity index (χ2v) is 8.06. The van der Waals surface area contributed by atoms with Gasteiger partial charge in [0, 0.05) is 26.6 Å². The quantitative estimate of drug-likeness (QED) is 0.410. The number of aromatic nitrogens is 6. The molecule has 0 radical (unpaired) electrons. The van der Waals surface area contributed by atoms with Crippen LogP contribution in [0.5, 0.6) is 0 Å². The fourth-order valence-corrected chi connectivity index (χ4v) is 3.91. The summed E-state index contributed by atoms with van der Waals surface area (Å²) in [6.07, 6.45) is 6.61. The van der Waals surface area contributed by atoms with E-state index in [1.165, 1.54) is 23.9 Å². The van der Waals surface area contributed by atoms with E-state index in [4.69, 9.17) is 0 Å². The van der Waals surface area contributed by atoms with Gasteiger partial charge in [-0.2, -0.15) is 9.67 Å². The van der Waals surface area contributed by atoms with E-state index in [0.29, 0.717) is 11.2 Å². The maximum Gasteiger partial charge on any atom is 0.277 e. The zero-order valence-corrected chi connectivity index (χ0v) is 17.6. The highest BCUT2D eigenvalue weighted by Gasteiger charge is 2.16. The molecule has 4 rings (SSSR count). The molecule has 2 N–H and O–H groups in total. The summed E-state index contributed by atoms with van der Waals surface area (Å²) < 4.78 is 2.36. The molecule has 0 bridgehead atoms. The number of nitrogens with one attached hydrogen (secondary N) is 2. The van der Waals surface area contributed by atoms with E-state index >= 15 is 0 Å². The highest BCUT2D eigenvalue weighted by molar-refractivity contribution is 9.10. The minimum atomic E-state index is -0.0898. The number of unbranched alkanes of at least 4 members (excludes halogenated alkanes) is 4. The highest BCUT2D eigenvalue weighted by Crippen LogP contribution is 2.25. The predicted octanol–water partition coefficient (Wildman–Crippen LogP) is 4.57. The Bertz CT molecular complexity index is 1190. The van der Waals surface area contributed by atoms with E-state index in [1.807, 2.05) is 25.1 Å². The second-order valence-electron chi connectivity index (χ2n) is 7.14. The van der Waals surface area contributed by atoms with Crippen molar-refractivity contribution in [3.05, 3.63) is 44.3 Å². The first-order chi connectivity index (χ1) is 13.6. The van der Waals surface area contributed by atoms with E-state index in [0.717, 1.165) is 45.9 Å². The Balaban J connectivity index is 1.65. The van der Waals surface area contributed by atoms with E-state index in [9.17, 15) is 4.79 Å². The summed E-state index contributed by atoms with van der Waals surface area (Å²) in [6.45, 7) is 4.12. The molecule has 0 atom stereocenters. The van der Waals surface area contributed by atoms with Crippen LogP contribution in [0.25, 0.3) is 28.0 Å². The van der Waals surface area contributed by atoms with Gasteiger partial charge >= 0.3 is 0 Å². The zero-order valence-electron chi connectivity index (χ0n) is 16.0. The number of hydrogen-bond donors (Lipinski definition) is 2. The molecular formula is C20H23BrN6O. The summed E-state index contributed by atoms with van der Waals surface area (Å²) in [5.74, 6) is 0.253. The second kappa shape index (κ2) is 7.87. The fraction of sp³-hybridized carbons (Fsp3) is 0.400. The van der Waals surface area contributed by atoms with Gasteiger partial charge in [-0.25, -0.2) is 0 Å². The lowest BCUT2D eigenvalue weighted by atomic mass is 10.1. The molecule has 0 aliphatic carbocycles. The standard InChI is InChI=1S/C20H23BrN6O/c1-3-4-5-6-7-8-14-12(2)26-27(19(14)28)20-23-18-17(24-25-20)15-11-13(21)9-10-16(15)22-18/h9-11,26H,3-8H2,1-2H3,(H,22,23,25). The number of benzene rings is 1. The van der Waals surface area contributed by atoms with Crippen molar-refractivity contribution < 1.29 is 0 Å². The van der Waals surface area contributed by atoms with Crippen LogP contribution < -0.4 is 5.56 Å². The topological polar surface area (TPSA) is 92.2 Å². The van der Waals surface area contributed by atoms with E-state index in [2.05, 4.69) is 48.1 Å². The number of aryl methyl sites for hydroxylation is 1. The maximum absolute atomic E-state index is 12.9. The van der Waals surface area contributed by atoms with Crippen LogP contribution in [-0.4, -0.2) is 29.9 Å². The Morgan fingerprint density at radius 1 is 1.14 bits per heavy atom. The van der Waals surface area contributed by atoms with Gasteiger partial charge in [-0.05, 0) is 38.0 Å². The molecule has 0 unspecified atom stereocenters. The molecule has 1 aromatic carbocycles. The lowest BCUT2D eigenvalue weighted by Crippen LogP contribution is -2.20. The van der Waals surface area contributed by atoms with Crippen molar-refractivity contribution >= 4 is 38.0 Å². The Morgan fingerprint density at radius 2 is 1.96 bits per heavy atom. The van der Waals surface area contributed by atoms with E-state index in [1.54, 1.807) is 0 Å². The SMILES string of the molecule is CCCCCCCc1c(C)[nH]n(-c2nnc3c(n2)[nH]c2ccc(Br)cc23)c1=O. The highest BCUT2D eigenvalue weighted by atomic mass is 79.9. The first-order valence-electron chi connectivity index (χ1n) is 9.71. The molecule has 8 heteroatoms. The minimum Gasteiger partial charge on any atom is -0.338 e. The average molecular weight is 443 g/mol. The number of H-pyrrole nitrogens is 2. The van der Waals surface area contributed by atoms with Crippen molar-refractivity contribution in [3.8, 4) is 5.95 Å². The lowest BCUT2D eigenvalue weighted by molar-refractivity contribution is 0.630. The molecule has 7 nitrogen and oxygen atoms in total. The molecular weight excluding hydrogens is 420 g/mol. The van der Waals surface area contributed by atoms with Gasteiger partial charge < -0.3 is 4.98 Å². The summed E-state index contributed by atoms with van der Waals surface area (Å²) in [6, 6.07) is 5.90. The van der Waals surface area contributed by atoms with Gasteiger partial charge in [0.05, 0.1) is 0 Å². The van der Waals surface area contributed by atoms with Crippen LogP contribution >= 0.6 is 15.9 Å². The molecule has 146 valence electrons. The number of nitrogens with zero attached hydrogens (tertiary/aromatic N) is 4. The van der Waals surface area contributed by atoms with Gasteiger partial charge in [-0.3, -0.25) is 9.89 Å². The molecule has 0 saturated carbocycles. The summed E-state index contributed by atoms with van der Waals surface area (Å²) in [7, 11) is 0. The lowest BCUT2D eigenvalue weighted by Gasteiger charge is -1.99. The van der Waals surface area contributed by atoms with Crippen LogP contribution in [0.2, 0.25) is 0 Å². The summed E-state index contributed by atoms with van der Waals surface area (Å²) in [5.41, 5.74) is 3.81. The average Bonchev–Trinajstić information content (AvgIpc) is 3.18. The molecule has 28 heavy (non-hydrogen) atoms. The molecule has 0 amide bonds. The number of rotatable bonds is 7. The van der Waals surface area contributed by atoms with Crippen LogP contribution in [0.3, 0.4) is 0 Å². The Labute approximate surface area is 170 Å². The number of fused-ring (bicyclic) bond motifs is 3. The van der Waals surface area contributed by atoms with Crippen molar-refractivity contribution in [1.29, 1.82) is 0 Å². The van der Waals surface area contributed by atoms with Crippen molar-refractivity contribution in [3.63, 3.8) is 0 Å². The maximum atomic E-state index is 12.9. The fourth-order valence-electron chi connectivity index (χ4n) is 3.55. The van der Waals surface area contributed by atoms with Gasteiger partial charge in [0.25, 0.3) is 11.5 Å². The third-order valence-electron chi connectivity index (χ3n) is 5.09. The third kappa shape index (κ3) is 3.48. The van der Waals surface area contributed by atoms with E-state index in [-0.39, 0.29) is 11.5 Å². The molecule has 3 aromatic heterocycles. The molecule has 3 heterocycles. The monoisotopic (exact) mass is 442 g/mol. The van der Waals surface area contributed by atoms with Gasteiger partial charge in [0.2, 0.25) is 0 Å². The van der Waals surface area contributed by atoms with Crippen molar-refractivity contribution in [2.24, 2.45) is 0 Å². The van der Waals surface area contributed by atoms with E-state index < -0.39 is 0 Å². The van der Waals surface area contributed by atoms with Crippen LogP contribution in [0.4, 0.5) is 0 Å². The first-order valence-corrected chi connectivity index (χ1v) is 10.5. The largest absolute Gasteiger partial charge is 0.338 e. The number of hydrogen-bond acceptors (Lipinski definition) is 4. The van der Waals surface area contributed by atoms with Gasteiger partial charge in [-0.15, -0.1) is 10.2 Å². The summed E-state index contributed by atoms with van der Waals surface area (Å²) in [4.78, 5) is 20.7. The van der Waals surface area contributed by atoms with Crippen molar-refractivity contribution in [2.45, 2.75) is 52.4 Å². The van der Waals surface area contributed by atoms with Gasteiger partial charge in [-0.1, -0.05) is 48.5 Å². The molecule has 0 aliphatic heterocycles. The van der Waals surface area contributed by atoms with Crippen LogP contribution in [0, 0.1) is 6.92 Å². The van der Waals surface area contributed by atoms with Gasteiger partial charge in [0.15, 0.2) is 5.65 Å².